The monoisotopic (exact) mass is 354 g/mol. The third-order valence-corrected chi connectivity index (χ3v) is 7.78. The molecule has 2 heteroatoms. The molecule has 1 aromatic rings. The van der Waals surface area contributed by atoms with Crippen LogP contribution in [0.1, 0.15) is 77.7 Å². The Labute approximate surface area is 161 Å². The van der Waals surface area contributed by atoms with Gasteiger partial charge in [-0.15, -0.1) is 0 Å². The molecule has 1 unspecified atom stereocenters. The molecule has 144 valence electrons. The maximum absolute atomic E-state index is 2.89. The summed E-state index contributed by atoms with van der Waals surface area (Å²) in [5, 5.41) is 0. The fourth-order valence-corrected chi connectivity index (χ4v) is 6.12. The number of piperidine rings is 2. The predicted molar refractivity (Wildman–Crippen MR) is 110 cm³/mol. The lowest BCUT2D eigenvalue weighted by Gasteiger charge is -2.48. The van der Waals surface area contributed by atoms with Crippen LogP contribution in [0, 0.1) is 5.41 Å². The maximum Gasteiger partial charge on any atom is 0.0466 e. The Balaban J connectivity index is 1.58. The minimum Gasteiger partial charge on any atom is -0.298 e. The van der Waals surface area contributed by atoms with Gasteiger partial charge in [-0.1, -0.05) is 36.8 Å². The van der Waals surface area contributed by atoms with E-state index in [0.29, 0.717) is 16.5 Å². The lowest BCUT2D eigenvalue weighted by atomic mass is 9.73. The van der Waals surface area contributed by atoms with E-state index in [-0.39, 0.29) is 0 Å². The number of hydrogen-bond acceptors (Lipinski definition) is 2. The molecule has 1 spiro atoms. The maximum atomic E-state index is 2.89. The average Bonchev–Trinajstić information content (AvgIpc) is 3.03. The van der Waals surface area contributed by atoms with E-state index in [2.05, 4.69) is 60.9 Å². The van der Waals surface area contributed by atoms with E-state index in [4.69, 9.17) is 0 Å². The van der Waals surface area contributed by atoms with Gasteiger partial charge in [-0.2, -0.15) is 0 Å². The van der Waals surface area contributed by atoms with Gasteiger partial charge in [-0.3, -0.25) is 9.80 Å². The van der Waals surface area contributed by atoms with Crippen molar-refractivity contribution in [3.8, 4) is 0 Å². The van der Waals surface area contributed by atoms with Crippen molar-refractivity contribution in [1.82, 2.24) is 9.80 Å². The van der Waals surface area contributed by atoms with Crippen molar-refractivity contribution >= 4 is 0 Å². The molecule has 0 N–H and O–H groups in total. The molecule has 1 atom stereocenters. The van der Waals surface area contributed by atoms with E-state index in [1.54, 1.807) is 5.56 Å². The molecule has 26 heavy (non-hydrogen) atoms. The summed E-state index contributed by atoms with van der Waals surface area (Å²) in [7, 11) is 0. The minimum atomic E-state index is 0.311. The second-order valence-electron chi connectivity index (χ2n) is 10.3. The Morgan fingerprint density at radius 1 is 0.769 bits per heavy atom. The van der Waals surface area contributed by atoms with E-state index >= 15 is 0 Å². The topological polar surface area (TPSA) is 6.48 Å². The summed E-state index contributed by atoms with van der Waals surface area (Å²) in [6.45, 7) is 12.3. The Kier molecular flexibility index (Phi) is 4.94. The molecular formula is C24H38N2. The van der Waals surface area contributed by atoms with E-state index < -0.39 is 0 Å². The Bertz CT molecular complexity index is 588. The van der Waals surface area contributed by atoms with Crippen molar-refractivity contribution in [3.63, 3.8) is 0 Å². The predicted octanol–water partition coefficient (Wildman–Crippen LogP) is 5.43. The summed E-state index contributed by atoms with van der Waals surface area (Å²) in [5.41, 5.74) is 2.81. The summed E-state index contributed by atoms with van der Waals surface area (Å²) in [6, 6.07) is 11.5. The molecule has 4 rings (SSSR count). The van der Waals surface area contributed by atoms with Gasteiger partial charge in [0.1, 0.15) is 0 Å². The van der Waals surface area contributed by atoms with Crippen LogP contribution in [0.25, 0.3) is 0 Å². The molecule has 2 nitrogen and oxygen atoms in total. The van der Waals surface area contributed by atoms with Crippen LogP contribution in [0.5, 0.6) is 0 Å². The molecule has 2 aliphatic heterocycles. The van der Waals surface area contributed by atoms with E-state index in [0.717, 1.165) is 0 Å². The SMILES string of the molecule is CC(C)(C)N1CCC2(CC1)CCC(c1ccccc1)(N1CCCCC1)C2. The zero-order valence-electron chi connectivity index (χ0n) is 17.3. The second kappa shape index (κ2) is 6.95. The first-order valence-electron chi connectivity index (χ1n) is 11.0. The number of rotatable bonds is 2. The van der Waals surface area contributed by atoms with Crippen molar-refractivity contribution in [2.24, 2.45) is 5.41 Å². The van der Waals surface area contributed by atoms with Gasteiger partial charge in [0.25, 0.3) is 0 Å². The molecule has 1 aromatic carbocycles. The molecule has 1 saturated carbocycles. The molecule has 0 bridgehead atoms. The summed E-state index contributed by atoms with van der Waals surface area (Å²) < 4.78 is 0. The highest BCUT2D eigenvalue weighted by Crippen LogP contribution is 2.57. The van der Waals surface area contributed by atoms with Gasteiger partial charge in [-0.25, -0.2) is 0 Å². The van der Waals surface area contributed by atoms with Crippen LogP contribution >= 0.6 is 0 Å². The van der Waals surface area contributed by atoms with Gasteiger partial charge in [-0.05, 0) is 103 Å². The Hall–Kier alpha value is -0.860. The third-order valence-electron chi connectivity index (χ3n) is 7.78. The van der Waals surface area contributed by atoms with Crippen LogP contribution in [-0.4, -0.2) is 41.5 Å². The van der Waals surface area contributed by atoms with Crippen LogP contribution in [0.2, 0.25) is 0 Å². The molecule has 2 heterocycles. The fourth-order valence-electron chi connectivity index (χ4n) is 6.12. The third kappa shape index (κ3) is 3.36. The standard InChI is InChI=1S/C24H38N2/c1-22(2,3)25-18-14-23(15-19-25)12-13-24(20-23,21-10-6-4-7-11-21)26-16-8-5-9-17-26/h4,6-7,10-11H,5,8-9,12-20H2,1-3H3. The molecule has 3 aliphatic rings. The Morgan fingerprint density at radius 2 is 1.42 bits per heavy atom. The van der Waals surface area contributed by atoms with E-state index in [9.17, 15) is 0 Å². The first-order valence-corrected chi connectivity index (χ1v) is 11.0. The normalized spacial score (nSPS) is 30.7. The molecular weight excluding hydrogens is 316 g/mol. The number of nitrogens with zero attached hydrogens (tertiary/aromatic N) is 2. The van der Waals surface area contributed by atoms with Gasteiger partial charge in [0.2, 0.25) is 0 Å². The van der Waals surface area contributed by atoms with Gasteiger partial charge < -0.3 is 0 Å². The zero-order valence-corrected chi connectivity index (χ0v) is 17.3. The lowest BCUT2D eigenvalue weighted by Crippen LogP contribution is -2.50. The van der Waals surface area contributed by atoms with Crippen LogP contribution in [0.4, 0.5) is 0 Å². The fraction of sp³-hybridized carbons (Fsp3) is 0.750. The van der Waals surface area contributed by atoms with E-state index in [1.165, 1.54) is 77.5 Å². The molecule has 2 saturated heterocycles. The highest BCUT2D eigenvalue weighted by molar-refractivity contribution is 5.28. The smallest absolute Gasteiger partial charge is 0.0466 e. The highest BCUT2D eigenvalue weighted by atomic mass is 15.2. The van der Waals surface area contributed by atoms with Crippen molar-refractivity contribution in [1.29, 1.82) is 0 Å². The highest BCUT2D eigenvalue weighted by Gasteiger charge is 2.52. The number of hydrogen-bond donors (Lipinski definition) is 0. The van der Waals surface area contributed by atoms with Gasteiger partial charge in [0.05, 0.1) is 0 Å². The van der Waals surface area contributed by atoms with Crippen molar-refractivity contribution < 1.29 is 0 Å². The summed E-state index contributed by atoms with van der Waals surface area (Å²) >= 11 is 0. The van der Waals surface area contributed by atoms with Crippen LogP contribution in [0.15, 0.2) is 30.3 Å². The van der Waals surface area contributed by atoms with Crippen molar-refractivity contribution in [3.05, 3.63) is 35.9 Å². The largest absolute Gasteiger partial charge is 0.298 e. The summed E-state index contributed by atoms with van der Waals surface area (Å²) in [5.74, 6) is 0. The quantitative estimate of drug-likeness (QED) is 0.698. The van der Waals surface area contributed by atoms with Gasteiger partial charge >= 0.3 is 0 Å². The van der Waals surface area contributed by atoms with Gasteiger partial charge in [0.15, 0.2) is 0 Å². The Morgan fingerprint density at radius 3 is 2.04 bits per heavy atom. The molecule has 0 radical (unpaired) electrons. The van der Waals surface area contributed by atoms with Gasteiger partial charge in [0, 0.05) is 11.1 Å². The molecule has 3 fully saturated rings. The molecule has 0 aromatic heterocycles. The number of likely N-dealkylation sites (tertiary alicyclic amines) is 2. The minimum absolute atomic E-state index is 0.311. The number of benzene rings is 1. The van der Waals surface area contributed by atoms with E-state index in [1.807, 2.05) is 0 Å². The second-order valence-corrected chi connectivity index (χ2v) is 10.3. The molecule has 1 aliphatic carbocycles. The van der Waals surface area contributed by atoms with Crippen LogP contribution in [-0.2, 0) is 5.54 Å². The molecule has 0 amide bonds. The zero-order chi connectivity index (χ0) is 18.3. The summed E-state index contributed by atoms with van der Waals surface area (Å²) in [4.78, 5) is 5.60. The first-order chi connectivity index (χ1) is 12.4. The van der Waals surface area contributed by atoms with Crippen molar-refractivity contribution in [2.75, 3.05) is 26.2 Å². The average molecular weight is 355 g/mol. The van der Waals surface area contributed by atoms with Crippen LogP contribution in [0.3, 0.4) is 0 Å². The van der Waals surface area contributed by atoms with Crippen LogP contribution < -0.4 is 0 Å². The summed E-state index contributed by atoms with van der Waals surface area (Å²) in [6.07, 6.45) is 11.2. The van der Waals surface area contributed by atoms with Crippen molar-refractivity contribution in [2.45, 2.75) is 83.2 Å². The lowest BCUT2D eigenvalue weighted by molar-refractivity contribution is 0.0187. The first kappa shape index (κ1) is 18.5.